The molecule has 0 atom stereocenters. The molecule has 0 spiro atoms. The Hall–Kier alpha value is -13.3. The number of anilines is 18. The first-order valence-electron chi connectivity index (χ1n) is 32.9. The lowest BCUT2D eigenvalue weighted by atomic mass is 10.1. The molecule has 0 saturated carbocycles. The summed E-state index contributed by atoms with van der Waals surface area (Å²) in [7, 11) is 0. The highest BCUT2D eigenvalue weighted by molar-refractivity contribution is 5.92. The summed E-state index contributed by atoms with van der Waals surface area (Å²) in [4.78, 5) is 13.8. The zero-order chi connectivity index (χ0) is 65.7. The SMILES string of the molecule is c1ccc(Oc2cc(N(c3ccccc3)c3cccc(Oc4cc(N(c5ccccc5)c5ccccc5)cc(N(c5ccccc5)c5ccccc5)c4)c3)cc(N(c3ccccc3)c3cc(N(c4ccccc4)c4ccccc4)cc(N(c4ccccc4)c4ccccc4)c3)c2)cc1. The first kappa shape index (κ1) is 60.9. The Kier molecular flexibility index (Phi) is 18.0. The minimum atomic E-state index is 0.631. The van der Waals surface area contributed by atoms with Gasteiger partial charge in [-0.2, -0.15) is 0 Å². The van der Waals surface area contributed by atoms with Crippen LogP contribution in [0, 0.1) is 0 Å². The average molecular weight is 1270 g/mol. The van der Waals surface area contributed by atoms with Crippen molar-refractivity contribution in [1.29, 1.82) is 0 Å². The minimum absolute atomic E-state index is 0.631. The second kappa shape index (κ2) is 28.9. The molecule has 0 fully saturated rings. The second-order valence-corrected chi connectivity index (χ2v) is 23.5. The third-order valence-electron chi connectivity index (χ3n) is 16.9. The lowest BCUT2D eigenvalue weighted by Gasteiger charge is -2.33. The number of rotatable bonds is 22. The highest BCUT2D eigenvalue weighted by Crippen LogP contribution is 2.50. The van der Waals surface area contributed by atoms with Crippen molar-refractivity contribution in [2.24, 2.45) is 0 Å². The van der Waals surface area contributed by atoms with Gasteiger partial charge in [-0.3, -0.25) is 0 Å². The summed E-state index contributed by atoms with van der Waals surface area (Å²) in [5, 5.41) is 0. The molecule has 0 saturated heterocycles. The van der Waals surface area contributed by atoms with Crippen LogP contribution in [-0.2, 0) is 0 Å². The van der Waals surface area contributed by atoms with Gasteiger partial charge in [0.05, 0.1) is 39.8 Å². The molecule has 0 aliphatic heterocycles. The number of hydrogen-bond donors (Lipinski definition) is 0. The topological polar surface area (TPSA) is 37.9 Å². The molecule has 470 valence electrons. The largest absolute Gasteiger partial charge is 0.457 e. The smallest absolute Gasteiger partial charge is 0.131 e. The Balaban J connectivity index is 0.918. The molecule has 0 bridgehead atoms. The van der Waals surface area contributed by atoms with E-state index >= 15 is 0 Å². The Morgan fingerprint density at radius 1 is 0.112 bits per heavy atom. The van der Waals surface area contributed by atoms with Crippen molar-refractivity contribution in [3.8, 4) is 23.0 Å². The van der Waals surface area contributed by atoms with Crippen LogP contribution in [0.15, 0.2) is 413 Å². The van der Waals surface area contributed by atoms with Gasteiger partial charge < -0.3 is 38.9 Å². The second-order valence-electron chi connectivity index (χ2n) is 23.5. The van der Waals surface area contributed by atoms with Gasteiger partial charge in [-0.05, 0) is 176 Å². The Morgan fingerprint density at radius 3 is 0.500 bits per heavy atom. The van der Waals surface area contributed by atoms with Crippen molar-refractivity contribution >= 4 is 102 Å². The monoisotopic (exact) mass is 1260 g/mol. The summed E-state index contributed by atoms with van der Waals surface area (Å²) in [6.45, 7) is 0. The summed E-state index contributed by atoms with van der Waals surface area (Å²) in [6.07, 6.45) is 0. The van der Waals surface area contributed by atoms with E-state index in [1.807, 2.05) is 36.4 Å². The van der Waals surface area contributed by atoms with E-state index in [9.17, 15) is 0 Å². The van der Waals surface area contributed by atoms with Crippen LogP contribution in [0.25, 0.3) is 0 Å². The number of para-hydroxylation sites is 11. The predicted molar refractivity (Wildman–Crippen MR) is 408 cm³/mol. The van der Waals surface area contributed by atoms with Gasteiger partial charge in [-0.1, -0.05) is 206 Å². The summed E-state index contributed by atoms with van der Waals surface area (Å²) in [5.41, 5.74) is 17.1. The van der Waals surface area contributed by atoms with Gasteiger partial charge in [0.2, 0.25) is 0 Å². The Labute approximate surface area is 573 Å². The maximum Gasteiger partial charge on any atom is 0.131 e. The molecule has 98 heavy (non-hydrogen) atoms. The standard InChI is InChI=1S/C90H68N6O2/c1-12-35-69(36-13-1)91(70-37-14-2-15-38-70)80-59-81(92(71-39-16-3-17-40-71)72-41-18-4-19-42-72)61-82(60-80)96(78-53-30-10-31-54-78)86-63-85(67-89(68-86)97-87-56-32-11-33-57-87)95(77-51-28-9-29-52-77)79-55-34-58-88(64-79)98-90-65-83(93(73-43-20-5-21-44-73)74-45-22-6-23-46-74)62-84(66-90)94(75-47-24-7-25-48-75)76-49-26-8-27-50-76/h1-68H. The van der Waals surface area contributed by atoms with Crippen LogP contribution in [0.4, 0.5) is 102 Å². The average Bonchev–Trinajstić information content (AvgIpc) is 0.778. The normalized spacial score (nSPS) is 10.9. The van der Waals surface area contributed by atoms with Crippen molar-refractivity contribution in [2.75, 3.05) is 29.4 Å². The zero-order valence-corrected chi connectivity index (χ0v) is 53.8. The van der Waals surface area contributed by atoms with E-state index < -0.39 is 0 Å². The van der Waals surface area contributed by atoms with E-state index in [-0.39, 0.29) is 0 Å². The van der Waals surface area contributed by atoms with Crippen LogP contribution in [0.2, 0.25) is 0 Å². The van der Waals surface area contributed by atoms with E-state index in [4.69, 9.17) is 9.47 Å². The number of benzene rings is 15. The van der Waals surface area contributed by atoms with Gasteiger partial charge in [-0.15, -0.1) is 0 Å². The molecule has 0 aliphatic rings. The van der Waals surface area contributed by atoms with Crippen LogP contribution in [0.3, 0.4) is 0 Å². The van der Waals surface area contributed by atoms with Crippen molar-refractivity contribution < 1.29 is 9.47 Å². The van der Waals surface area contributed by atoms with E-state index in [1.165, 1.54) is 0 Å². The summed E-state index contributed by atoms with van der Waals surface area (Å²) < 4.78 is 14.4. The molecule has 15 rings (SSSR count). The lowest BCUT2D eigenvalue weighted by molar-refractivity contribution is 0.483. The summed E-state index contributed by atoms with van der Waals surface area (Å²) in [5.74, 6) is 2.62. The molecule has 0 amide bonds. The minimum Gasteiger partial charge on any atom is -0.457 e. The van der Waals surface area contributed by atoms with Gasteiger partial charge in [0, 0.05) is 92.9 Å². The van der Waals surface area contributed by atoms with Crippen LogP contribution in [-0.4, -0.2) is 0 Å². The van der Waals surface area contributed by atoms with E-state index in [1.54, 1.807) is 0 Å². The molecule has 0 aliphatic carbocycles. The molecule has 0 radical (unpaired) electrons. The molecular weight excluding hydrogens is 1200 g/mol. The van der Waals surface area contributed by atoms with E-state index in [0.29, 0.717) is 23.0 Å². The van der Waals surface area contributed by atoms with Crippen molar-refractivity contribution in [3.63, 3.8) is 0 Å². The molecular formula is C90H68N6O2. The quantitative estimate of drug-likeness (QED) is 0.0665. The molecule has 15 aromatic carbocycles. The third-order valence-corrected chi connectivity index (χ3v) is 16.9. The first-order valence-corrected chi connectivity index (χ1v) is 32.9. The van der Waals surface area contributed by atoms with Gasteiger partial charge in [0.1, 0.15) is 23.0 Å². The molecule has 15 aromatic rings. The molecule has 8 heteroatoms. The zero-order valence-electron chi connectivity index (χ0n) is 53.8. The van der Waals surface area contributed by atoms with E-state index in [0.717, 1.165) is 102 Å². The fourth-order valence-electron chi connectivity index (χ4n) is 12.6. The fraction of sp³-hybridized carbons (Fsp3) is 0. The van der Waals surface area contributed by atoms with Crippen molar-refractivity contribution in [3.05, 3.63) is 413 Å². The van der Waals surface area contributed by atoms with Gasteiger partial charge >= 0.3 is 0 Å². The van der Waals surface area contributed by atoms with Crippen LogP contribution in [0.5, 0.6) is 23.0 Å². The Morgan fingerprint density at radius 2 is 0.265 bits per heavy atom. The van der Waals surface area contributed by atoms with Gasteiger partial charge in [0.25, 0.3) is 0 Å². The Bertz CT molecular complexity index is 4670. The fourth-order valence-corrected chi connectivity index (χ4v) is 12.6. The van der Waals surface area contributed by atoms with Gasteiger partial charge in [0.15, 0.2) is 0 Å². The molecule has 0 aromatic heterocycles. The molecule has 0 heterocycles. The van der Waals surface area contributed by atoms with Crippen LogP contribution in [0.1, 0.15) is 0 Å². The van der Waals surface area contributed by atoms with Crippen molar-refractivity contribution in [1.82, 2.24) is 0 Å². The molecule has 0 N–H and O–H groups in total. The summed E-state index contributed by atoms with van der Waals surface area (Å²) >= 11 is 0. The number of nitrogens with zero attached hydrogens (tertiary/aromatic N) is 6. The number of ether oxygens (including phenoxy) is 2. The maximum atomic E-state index is 7.31. The van der Waals surface area contributed by atoms with Crippen LogP contribution < -0.4 is 38.9 Å². The highest BCUT2D eigenvalue weighted by atomic mass is 16.5. The molecule has 8 nitrogen and oxygen atoms in total. The van der Waals surface area contributed by atoms with Gasteiger partial charge in [-0.25, -0.2) is 0 Å². The predicted octanol–water partition coefficient (Wildman–Crippen LogP) is 26.1. The summed E-state index contributed by atoms with van der Waals surface area (Å²) in [6, 6.07) is 144. The highest BCUT2D eigenvalue weighted by Gasteiger charge is 2.26. The van der Waals surface area contributed by atoms with E-state index in [2.05, 4.69) is 406 Å². The third kappa shape index (κ3) is 13.7. The van der Waals surface area contributed by atoms with Crippen LogP contribution >= 0.6 is 0 Å². The molecule has 0 unspecified atom stereocenters. The number of hydrogen-bond acceptors (Lipinski definition) is 8. The first-order chi connectivity index (χ1) is 48.6. The maximum absolute atomic E-state index is 7.31. The van der Waals surface area contributed by atoms with Crippen molar-refractivity contribution in [2.45, 2.75) is 0 Å². The lowest BCUT2D eigenvalue weighted by Crippen LogP contribution is -2.17.